The predicted octanol–water partition coefficient (Wildman–Crippen LogP) is 11.3. The van der Waals surface area contributed by atoms with Crippen molar-refractivity contribution >= 4 is 52.2 Å². The van der Waals surface area contributed by atoms with E-state index in [2.05, 4.69) is 24.5 Å². The standard InChI is InChI=1S/C28H42Cl2N2O4.C11H13ClO2.C8H9ClO/c1-19-13-25(29)14-20(2)27(19)35-17-23(5)31-7-9-33-11-12-34-10-8-32-24(6)18-36-28-21(3)15-26(30)16-22(28)4;1-7-4-10(12)5-8(2)11(7)14-6-9(3)13;1-5-3-7(9)4-6(2)8(5)10/h13-16,23-24,31-32H,7-12,17-18H2,1-6H3;4-5H,6H2,1-3H3;3-4,10H,1-2H3. The third-order valence-electron chi connectivity index (χ3n) is 8.96. The van der Waals surface area contributed by atoms with Crippen LogP contribution in [0.5, 0.6) is 23.0 Å². The number of phenolic OH excluding ortho intramolecular Hbond substituents is 1. The summed E-state index contributed by atoms with van der Waals surface area (Å²) in [5.41, 5.74) is 7.77. The van der Waals surface area contributed by atoms with Crippen molar-refractivity contribution in [2.45, 2.75) is 88.2 Å². The minimum absolute atomic E-state index is 0.0127. The molecule has 0 heterocycles. The van der Waals surface area contributed by atoms with Crippen LogP contribution in [0.25, 0.3) is 0 Å². The molecule has 0 aromatic heterocycles. The maximum Gasteiger partial charge on any atom is 0.167 e. The number of hydrogen-bond acceptors (Lipinski definition) is 9. The van der Waals surface area contributed by atoms with Crippen molar-refractivity contribution in [1.82, 2.24) is 10.6 Å². The molecule has 2 atom stereocenters. The Morgan fingerprint density at radius 2 is 0.800 bits per heavy atom. The van der Waals surface area contributed by atoms with E-state index >= 15 is 0 Å². The highest BCUT2D eigenvalue weighted by atomic mass is 35.5. The van der Waals surface area contributed by atoms with Gasteiger partial charge in [-0.3, -0.25) is 4.79 Å². The molecule has 4 rings (SSSR count). The lowest BCUT2D eigenvalue weighted by Gasteiger charge is -2.18. The van der Waals surface area contributed by atoms with E-state index in [9.17, 15) is 9.90 Å². The summed E-state index contributed by atoms with van der Waals surface area (Å²) in [7, 11) is 0. The lowest BCUT2D eigenvalue weighted by atomic mass is 10.1. The third kappa shape index (κ3) is 20.1. The monoisotopic (exact) mass is 908 g/mol. The van der Waals surface area contributed by atoms with Gasteiger partial charge < -0.3 is 39.4 Å². The number of benzene rings is 4. The van der Waals surface area contributed by atoms with Gasteiger partial charge in [0, 0.05) is 45.3 Å². The SMILES string of the molecule is CC(=O)COc1c(C)cc(Cl)cc1C.Cc1cc(Cl)cc(C)c1O.Cc1cc(Cl)cc(C)c1OCC(C)NCCOCCOCCNC(C)COc1c(C)cc(Cl)cc1C. The zero-order valence-electron chi connectivity index (χ0n) is 37.0. The van der Waals surface area contributed by atoms with Crippen molar-refractivity contribution in [3.8, 4) is 23.0 Å². The lowest BCUT2D eigenvalue weighted by Crippen LogP contribution is -2.35. The van der Waals surface area contributed by atoms with Gasteiger partial charge in [0.15, 0.2) is 5.78 Å². The van der Waals surface area contributed by atoms with E-state index in [0.717, 1.165) is 84.9 Å². The summed E-state index contributed by atoms with van der Waals surface area (Å²) in [5, 5.41) is 18.9. The number of ether oxygens (including phenoxy) is 5. The van der Waals surface area contributed by atoms with Crippen LogP contribution in [0.3, 0.4) is 0 Å². The van der Waals surface area contributed by atoms with Gasteiger partial charge in [0.05, 0.1) is 26.4 Å². The van der Waals surface area contributed by atoms with Gasteiger partial charge in [-0.2, -0.15) is 0 Å². The average molecular weight is 911 g/mol. The van der Waals surface area contributed by atoms with Gasteiger partial charge >= 0.3 is 0 Å². The van der Waals surface area contributed by atoms with Gasteiger partial charge in [-0.25, -0.2) is 0 Å². The van der Waals surface area contributed by atoms with Crippen molar-refractivity contribution in [2.75, 3.05) is 59.3 Å². The van der Waals surface area contributed by atoms with Crippen LogP contribution in [-0.2, 0) is 14.3 Å². The first kappa shape index (κ1) is 52.9. The molecule has 0 fully saturated rings. The second-order valence-corrected chi connectivity index (χ2v) is 16.8. The molecule has 332 valence electrons. The summed E-state index contributed by atoms with van der Waals surface area (Å²) >= 11 is 23.7. The Hall–Kier alpha value is -3.25. The van der Waals surface area contributed by atoms with E-state index in [1.165, 1.54) is 6.92 Å². The molecule has 3 N–H and O–H groups in total. The Morgan fingerprint density at radius 3 is 1.10 bits per heavy atom. The summed E-state index contributed by atoms with van der Waals surface area (Å²) < 4.78 is 28.7. The van der Waals surface area contributed by atoms with E-state index in [1.54, 1.807) is 12.1 Å². The van der Waals surface area contributed by atoms with Crippen LogP contribution in [0.4, 0.5) is 0 Å². The summed E-state index contributed by atoms with van der Waals surface area (Å²) in [5.74, 6) is 2.92. The first-order valence-corrected chi connectivity index (χ1v) is 21.6. The Labute approximate surface area is 378 Å². The summed E-state index contributed by atoms with van der Waals surface area (Å²) in [4.78, 5) is 10.8. The summed E-state index contributed by atoms with van der Waals surface area (Å²) in [6, 6.07) is 15.2. The molecule has 0 bridgehead atoms. The third-order valence-corrected chi connectivity index (χ3v) is 9.83. The molecule has 0 radical (unpaired) electrons. The fourth-order valence-electron chi connectivity index (χ4n) is 6.06. The highest BCUT2D eigenvalue weighted by molar-refractivity contribution is 6.31. The highest BCUT2D eigenvalue weighted by Crippen LogP contribution is 2.29. The number of aromatic hydroxyl groups is 1. The molecule has 4 aromatic rings. The van der Waals surface area contributed by atoms with Crippen LogP contribution in [0.2, 0.25) is 20.1 Å². The molecule has 0 amide bonds. The molecule has 13 heteroatoms. The Bertz CT molecular complexity index is 1790. The van der Waals surface area contributed by atoms with Gasteiger partial charge in [-0.1, -0.05) is 46.4 Å². The van der Waals surface area contributed by atoms with E-state index in [-0.39, 0.29) is 24.5 Å². The van der Waals surface area contributed by atoms with Crippen molar-refractivity contribution in [3.63, 3.8) is 0 Å². The van der Waals surface area contributed by atoms with Gasteiger partial charge in [0.2, 0.25) is 0 Å². The van der Waals surface area contributed by atoms with Gasteiger partial charge in [-0.05, 0) is 169 Å². The van der Waals surface area contributed by atoms with E-state index < -0.39 is 0 Å². The fourth-order valence-corrected chi connectivity index (χ4v) is 7.37. The molecular formula is C47H64Cl4N2O7. The van der Waals surface area contributed by atoms with Gasteiger partial charge in [0.1, 0.15) is 42.8 Å². The Balaban J connectivity index is 0.000000416. The van der Waals surface area contributed by atoms with Crippen LogP contribution < -0.4 is 24.8 Å². The maximum atomic E-state index is 10.8. The smallest absolute Gasteiger partial charge is 0.167 e. The number of ketones is 1. The number of nitrogens with one attached hydrogen (secondary N) is 2. The number of rotatable bonds is 20. The minimum Gasteiger partial charge on any atom is -0.507 e. The molecule has 9 nitrogen and oxygen atoms in total. The van der Waals surface area contributed by atoms with Gasteiger partial charge in [0.25, 0.3) is 0 Å². The number of aryl methyl sites for hydroxylation is 8. The number of carbonyl (C=O) groups excluding carboxylic acids is 1. The molecule has 0 saturated heterocycles. The topological polar surface area (TPSA) is 108 Å². The number of carbonyl (C=O) groups is 1. The zero-order chi connectivity index (χ0) is 44.9. The first-order valence-electron chi connectivity index (χ1n) is 20.0. The predicted molar refractivity (Wildman–Crippen MR) is 249 cm³/mol. The average Bonchev–Trinajstić information content (AvgIpc) is 3.13. The van der Waals surface area contributed by atoms with Crippen molar-refractivity contribution in [2.24, 2.45) is 0 Å². The Morgan fingerprint density at radius 1 is 0.517 bits per heavy atom. The van der Waals surface area contributed by atoms with Crippen molar-refractivity contribution in [1.29, 1.82) is 0 Å². The molecule has 0 aliphatic rings. The number of hydrogen-bond donors (Lipinski definition) is 3. The molecule has 60 heavy (non-hydrogen) atoms. The fraction of sp³-hybridized carbons (Fsp3) is 0.468. The number of Topliss-reactive ketones (excluding diaryl/α,β-unsaturated/α-hetero) is 1. The second kappa shape index (κ2) is 27.6. The minimum atomic E-state index is 0.0127. The summed E-state index contributed by atoms with van der Waals surface area (Å²) in [6.07, 6.45) is 0. The number of phenols is 1. The van der Waals surface area contributed by atoms with E-state index in [1.807, 2.05) is 91.8 Å². The van der Waals surface area contributed by atoms with Crippen LogP contribution in [-0.4, -0.2) is 82.3 Å². The Kier molecular flexibility index (Phi) is 24.4. The molecule has 0 aliphatic carbocycles. The number of halogens is 4. The van der Waals surface area contributed by atoms with E-state index in [4.69, 9.17) is 70.1 Å². The maximum absolute atomic E-state index is 10.8. The highest BCUT2D eigenvalue weighted by Gasteiger charge is 2.11. The molecular weight excluding hydrogens is 846 g/mol. The largest absolute Gasteiger partial charge is 0.507 e. The van der Waals surface area contributed by atoms with Crippen LogP contribution in [0.15, 0.2) is 48.5 Å². The van der Waals surface area contributed by atoms with Gasteiger partial charge in [-0.15, -0.1) is 0 Å². The second-order valence-electron chi connectivity index (χ2n) is 15.0. The van der Waals surface area contributed by atoms with E-state index in [0.29, 0.717) is 55.4 Å². The quantitative estimate of drug-likeness (QED) is 0.0747. The molecule has 2 unspecified atom stereocenters. The van der Waals surface area contributed by atoms with Crippen LogP contribution in [0.1, 0.15) is 65.3 Å². The van der Waals surface area contributed by atoms with Crippen LogP contribution >= 0.6 is 46.4 Å². The first-order chi connectivity index (χ1) is 28.3. The van der Waals surface area contributed by atoms with Crippen LogP contribution in [0, 0.1) is 55.4 Å². The normalized spacial score (nSPS) is 11.8. The van der Waals surface area contributed by atoms with Crippen molar-refractivity contribution < 1.29 is 33.6 Å². The molecule has 0 spiro atoms. The zero-order valence-corrected chi connectivity index (χ0v) is 40.1. The summed E-state index contributed by atoms with van der Waals surface area (Å²) in [6.45, 7) is 26.4. The lowest BCUT2D eigenvalue weighted by molar-refractivity contribution is -0.118. The van der Waals surface area contributed by atoms with Crippen molar-refractivity contribution in [3.05, 3.63) is 113 Å². The molecule has 0 saturated carbocycles. The molecule has 4 aromatic carbocycles. The molecule has 0 aliphatic heterocycles.